The fraction of sp³-hybridized carbons (Fsp3) is 0. The van der Waals surface area contributed by atoms with Crippen molar-refractivity contribution in [1.82, 2.24) is 24.1 Å². The minimum absolute atomic E-state index is 0.538. The van der Waals surface area contributed by atoms with E-state index >= 15 is 0 Å². The van der Waals surface area contributed by atoms with Crippen LogP contribution >= 0.6 is 22.7 Å². The van der Waals surface area contributed by atoms with Crippen molar-refractivity contribution in [3.05, 3.63) is 230 Å². The van der Waals surface area contributed by atoms with Crippen LogP contribution in [0.15, 0.2) is 218 Å². The summed E-state index contributed by atoms with van der Waals surface area (Å²) in [6, 6.07) is 76.8. The van der Waals surface area contributed by atoms with Crippen LogP contribution in [0, 0.1) is 6.57 Å². The van der Waals surface area contributed by atoms with Gasteiger partial charge in [-0.1, -0.05) is 158 Å². The van der Waals surface area contributed by atoms with E-state index < -0.39 is 0 Å². The van der Waals surface area contributed by atoms with E-state index in [1.165, 1.54) is 61.9 Å². The molecule has 15 aromatic rings. The number of thiophene rings is 2. The first-order valence-corrected chi connectivity index (χ1v) is 25.5. The summed E-state index contributed by atoms with van der Waals surface area (Å²) in [4.78, 5) is 19.9. The largest absolute Gasteiger partial charge is 0.310 e. The first-order chi connectivity index (χ1) is 35.7. The zero-order chi connectivity index (χ0) is 47.4. The Morgan fingerprint density at radius 2 is 0.833 bits per heavy atom. The van der Waals surface area contributed by atoms with Gasteiger partial charge in [-0.05, 0) is 66.2 Å². The van der Waals surface area contributed by atoms with Crippen molar-refractivity contribution in [1.29, 1.82) is 0 Å². The third-order valence-corrected chi connectivity index (χ3v) is 16.6. The van der Waals surface area contributed by atoms with E-state index in [9.17, 15) is 0 Å². The van der Waals surface area contributed by atoms with Crippen LogP contribution in [0.2, 0.25) is 0 Å². The summed E-state index contributed by atoms with van der Waals surface area (Å²) in [5.74, 6) is 1.70. The van der Waals surface area contributed by atoms with Gasteiger partial charge in [0.05, 0.1) is 34.3 Å². The van der Waals surface area contributed by atoms with E-state index in [-0.39, 0.29) is 0 Å². The number of aromatic nitrogens is 5. The molecule has 0 aliphatic heterocycles. The van der Waals surface area contributed by atoms with E-state index in [0.29, 0.717) is 23.2 Å². The smallest absolute Gasteiger partial charge is 0.197 e. The third kappa shape index (κ3) is 6.02. The number of para-hydroxylation sites is 2. The van der Waals surface area contributed by atoms with Gasteiger partial charge in [-0.15, -0.1) is 22.7 Å². The zero-order valence-corrected chi connectivity index (χ0v) is 39.9. The van der Waals surface area contributed by atoms with E-state index in [2.05, 4.69) is 160 Å². The van der Waals surface area contributed by atoms with Gasteiger partial charge in [-0.25, -0.2) is 19.8 Å². The first kappa shape index (κ1) is 40.6. The van der Waals surface area contributed by atoms with Gasteiger partial charge >= 0.3 is 0 Å². The molecule has 0 N–H and O–H groups in total. The van der Waals surface area contributed by atoms with Crippen LogP contribution in [0.1, 0.15) is 0 Å². The Morgan fingerprint density at radius 1 is 0.361 bits per heavy atom. The lowest BCUT2D eigenvalue weighted by Crippen LogP contribution is -2.03. The average Bonchev–Trinajstić information content (AvgIpc) is 4.21. The number of fused-ring (bicyclic) bond motifs is 14. The van der Waals surface area contributed by atoms with Crippen molar-refractivity contribution in [2.24, 2.45) is 0 Å². The maximum absolute atomic E-state index is 8.95. The molecule has 0 aliphatic carbocycles. The topological polar surface area (TPSA) is 52.9 Å². The molecule has 0 spiro atoms. The molecular formula is C64H36N6S2. The molecule has 0 radical (unpaired) electrons. The van der Waals surface area contributed by atoms with Gasteiger partial charge in [0, 0.05) is 89.8 Å². The number of rotatable bonds is 6. The van der Waals surface area contributed by atoms with E-state index in [1.54, 1.807) is 0 Å². The molecule has 0 saturated carbocycles. The average molecular weight is 953 g/mol. The van der Waals surface area contributed by atoms with E-state index in [0.717, 1.165) is 61.3 Å². The molecule has 0 aliphatic rings. The maximum Gasteiger partial charge on any atom is 0.197 e. The summed E-state index contributed by atoms with van der Waals surface area (Å²) in [5.41, 5.74) is 11.0. The molecule has 0 fully saturated rings. The molecule has 8 heteroatoms. The molecule has 0 amide bonds. The summed E-state index contributed by atoms with van der Waals surface area (Å²) in [6.45, 7) is 8.95. The Labute approximate surface area is 420 Å². The highest BCUT2D eigenvalue weighted by Gasteiger charge is 2.26. The lowest BCUT2D eigenvalue weighted by molar-refractivity contribution is 1.07. The molecule has 5 heterocycles. The van der Waals surface area contributed by atoms with Crippen LogP contribution in [-0.2, 0) is 0 Å². The van der Waals surface area contributed by atoms with Crippen molar-refractivity contribution in [2.75, 3.05) is 0 Å². The Bertz CT molecular complexity index is 4710. The maximum atomic E-state index is 8.95. The van der Waals surface area contributed by atoms with Gasteiger partial charge in [0.15, 0.2) is 23.2 Å². The zero-order valence-electron chi connectivity index (χ0n) is 38.3. The number of benzene rings is 10. The monoisotopic (exact) mass is 952 g/mol. The van der Waals surface area contributed by atoms with Crippen molar-refractivity contribution in [3.63, 3.8) is 0 Å². The Morgan fingerprint density at radius 3 is 1.38 bits per heavy atom. The van der Waals surface area contributed by atoms with Crippen LogP contribution in [0.4, 0.5) is 5.69 Å². The van der Waals surface area contributed by atoms with Crippen LogP contribution in [0.5, 0.6) is 0 Å². The second-order valence-corrected chi connectivity index (χ2v) is 20.2. The molecule has 334 valence electrons. The molecule has 72 heavy (non-hydrogen) atoms. The van der Waals surface area contributed by atoms with Crippen molar-refractivity contribution >= 4 is 112 Å². The van der Waals surface area contributed by atoms with Crippen LogP contribution < -0.4 is 0 Å². The van der Waals surface area contributed by atoms with Gasteiger partial charge in [0.1, 0.15) is 0 Å². The Kier molecular flexibility index (Phi) is 8.96. The lowest BCUT2D eigenvalue weighted by Gasteiger charge is -2.21. The molecule has 6 nitrogen and oxygen atoms in total. The fourth-order valence-electron chi connectivity index (χ4n) is 11.1. The highest BCUT2D eigenvalue weighted by atomic mass is 32.1. The number of nitrogens with zero attached hydrogens (tertiary/aromatic N) is 6. The quantitative estimate of drug-likeness (QED) is 0.156. The van der Waals surface area contributed by atoms with Gasteiger partial charge in [-0.2, -0.15) is 0 Å². The summed E-state index contributed by atoms with van der Waals surface area (Å²) in [6.07, 6.45) is 0. The van der Waals surface area contributed by atoms with E-state index in [1.807, 2.05) is 95.5 Å². The van der Waals surface area contributed by atoms with E-state index in [4.69, 9.17) is 21.5 Å². The predicted octanol–water partition coefficient (Wildman–Crippen LogP) is 18.0. The molecule has 0 atom stereocenters. The van der Waals surface area contributed by atoms with Gasteiger partial charge in [0.2, 0.25) is 0 Å². The molecular weight excluding hydrogens is 917 g/mol. The van der Waals surface area contributed by atoms with Crippen LogP contribution in [0.3, 0.4) is 0 Å². The summed E-state index contributed by atoms with van der Waals surface area (Å²) < 4.78 is 9.82. The van der Waals surface area contributed by atoms with Crippen molar-refractivity contribution in [2.45, 2.75) is 0 Å². The standard InChI is InChI=1S/C64H36N6S2/c1-65-48-25-16-28-52(70-50-27-13-9-24-46(50)59-54(70)36-33-44-42-22-11-15-30-56(42)72-61(44)59)57(48)47-37-40(64-67-62(38-17-4-2-5-18-38)66-63(68-64)39-19-6-3-7-20-39)31-34-51(47)69-49-26-12-8-23-45(49)58-53(69)35-32-43-41-21-10-14-29-55(41)71-60(43)58/h2-37H. The van der Waals surface area contributed by atoms with Crippen molar-refractivity contribution < 1.29 is 0 Å². The Hall–Kier alpha value is -9.26. The van der Waals surface area contributed by atoms with Gasteiger partial charge in [0.25, 0.3) is 0 Å². The first-order valence-electron chi connectivity index (χ1n) is 23.9. The van der Waals surface area contributed by atoms with Gasteiger partial charge < -0.3 is 9.13 Å². The molecule has 0 bridgehead atoms. The molecule has 15 rings (SSSR count). The third-order valence-electron chi connectivity index (χ3n) is 14.2. The number of hydrogen-bond donors (Lipinski definition) is 0. The van der Waals surface area contributed by atoms with Crippen LogP contribution in [-0.4, -0.2) is 24.1 Å². The van der Waals surface area contributed by atoms with Crippen molar-refractivity contribution in [3.8, 4) is 56.7 Å². The summed E-state index contributed by atoms with van der Waals surface area (Å²) in [7, 11) is 0. The second kappa shape index (κ2) is 15.9. The normalized spacial score (nSPS) is 11.9. The molecule has 0 unspecified atom stereocenters. The Balaban J connectivity index is 1.07. The lowest BCUT2D eigenvalue weighted by atomic mass is 9.96. The van der Waals surface area contributed by atoms with Gasteiger partial charge in [-0.3, -0.25) is 0 Å². The highest BCUT2D eigenvalue weighted by Crippen LogP contribution is 2.49. The molecule has 10 aromatic carbocycles. The highest BCUT2D eigenvalue weighted by molar-refractivity contribution is 7.27. The predicted molar refractivity (Wildman–Crippen MR) is 302 cm³/mol. The fourth-order valence-corrected chi connectivity index (χ4v) is 13.6. The molecule has 0 saturated heterocycles. The summed E-state index contributed by atoms with van der Waals surface area (Å²) in [5, 5.41) is 9.78. The molecule has 5 aromatic heterocycles. The van der Waals surface area contributed by atoms with Crippen LogP contribution in [0.25, 0.3) is 145 Å². The number of hydrogen-bond acceptors (Lipinski definition) is 5. The SMILES string of the molecule is [C-]#[N+]c1cccc(-n2c3ccccc3c3c4sc5ccccc5c4ccc32)c1-c1cc(-c2nc(-c3ccccc3)nc(-c3ccccc3)n2)ccc1-n1c2ccccc2c2c3sc4ccccc4c3ccc21. The summed E-state index contributed by atoms with van der Waals surface area (Å²) >= 11 is 3.69. The minimum atomic E-state index is 0.538. The minimum Gasteiger partial charge on any atom is -0.310 e. The second-order valence-electron chi connectivity index (χ2n) is 18.1.